The number of carbonyl (C=O) groups is 1. The van der Waals surface area contributed by atoms with Crippen molar-refractivity contribution in [3.63, 3.8) is 0 Å². The first kappa shape index (κ1) is 12.0. The lowest BCUT2D eigenvalue weighted by molar-refractivity contribution is -0.129. The Morgan fingerprint density at radius 3 is 2.64 bits per heavy atom. The molecule has 1 rings (SSSR count). The van der Waals surface area contributed by atoms with Gasteiger partial charge in [0.1, 0.15) is 4.32 Å². The molecule has 0 N–H and O–H groups in total. The van der Waals surface area contributed by atoms with Crippen molar-refractivity contribution in [1.29, 1.82) is 0 Å². The molecule has 0 aliphatic carbocycles. The SMILES string of the molecule is CCC(=O)N1C(=S)SC[C@@H]1C(C)(C)C. The molecule has 0 radical (unpaired) electrons. The van der Waals surface area contributed by atoms with Gasteiger partial charge in [-0.05, 0) is 5.41 Å². The molecule has 4 heteroatoms. The molecule has 1 aliphatic heterocycles. The first-order valence-corrected chi connectivity index (χ1v) is 6.26. The van der Waals surface area contributed by atoms with Gasteiger partial charge in [0, 0.05) is 12.2 Å². The summed E-state index contributed by atoms with van der Waals surface area (Å²) in [5, 5.41) is 0. The van der Waals surface area contributed by atoms with E-state index in [-0.39, 0.29) is 17.4 Å². The molecule has 1 aliphatic rings. The zero-order valence-electron chi connectivity index (χ0n) is 9.16. The van der Waals surface area contributed by atoms with Crippen molar-refractivity contribution in [2.45, 2.75) is 40.2 Å². The second-order valence-corrected chi connectivity index (χ2v) is 6.23. The van der Waals surface area contributed by atoms with Gasteiger partial charge in [-0.25, -0.2) is 0 Å². The predicted octanol–water partition coefficient (Wildman–Crippen LogP) is 2.67. The number of nitrogens with zero attached hydrogens (tertiary/aromatic N) is 1. The first-order valence-electron chi connectivity index (χ1n) is 4.86. The first-order chi connectivity index (χ1) is 6.38. The van der Waals surface area contributed by atoms with Gasteiger partial charge in [-0.2, -0.15) is 0 Å². The Morgan fingerprint density at radius 1 is 1.64 bits per heavy atom. The summed E-state index contributed by atoms with van der Waals surface area (Å²) < 4.78 is 0.747. The van der Waals surface area contributed by atoms with Crippen molar-refractivity contribution in [2.24, 2.45) is 5.41 Å². The van der Waals surface area contributed by atoms with E-state index in [2.05, 4.69) is 20.8 Å². The highest BCUT2D eigenvalue weighted by atomic mass is 32.2. The van der Waals surface area contributed by atoms with Gasteiger partial charge in [0.25, 0.3) is 0 Å². The monoisotopic (exact) mass is 231 g/mol. The molecule has 0 aromatic heterocycles. The van der Waals surface area contributed by atoms with Crippen LogP contribution in [0.4, 0.5) is 0 Å². The van der Waals surface area contributed by atoms with Gasteiger partial charge in [0.2, 0.25) is 5.91 Å². The normalized spacial score (nSPS) is 23.0. The summed E-state index contributed by atoms with van der Waals surface area (Å²) in [7, 11) is 0. The number of rotatable bonds is 1. The summed E-state index contributed by atoms with van der Waals surface area (Å²) in [6.45, 7) is 8.35. The van der Waals surface area contributed by atoms with Crippen LogP contribution in [-0.2, 0) is 4.79 Å². The molecule has 0 unspecified atom stereocenters. The molecule has 0 spiro atoms. The Hall–Kier alpha value is -0.0900. The van der Waals surface area contributed by atoms with Crippen LogP contribution in [0.15, 0.2) is 0 Å². The smallest absolute Gasteiger partial charge is 0.228 e. The highest BCUT2D eigenvalue weighted by Crippen LogP contribution is 2.35. The average Bonchev–Trinajstić information content (AvgIpc) is 2.45. The number of thiocarbonyl (C=S) groups is 1. The number of hydrogen-bond donors (Lipinski definition) is 0. The average molecular weight is 231 g/mol. The Balaban J connectivity index is 2.88. The Morgan fingerprint density at radius 2 is 2.21 bits per heavy atom. The molecule has 0 aromatic carbocycles. The van der Waals surface area contributed by atoms with Crippen molar-refractivity contribution in [1.82, 2.24) is 4.90 Å². The third kappa shape index (κ3) is 2.28. The molecule has 14 heavy (non-hydrogen) atoms. The van der Waals surface area contributed by atoms with Crippen LogP contribution in [-0.4, -0.2) is 26.9 Å². The van der Waals surface area contributed by atoms with E-state index in [1.165, 1.54) is 0 Å². The van der Waals surface area contributed by atoms with Crippen LogP contribution in [0.5, 0.6) is 0 Å². The molecular formula is C10H17NOS2. The van der Waals surface area contributed by atoms with Gasteiger partial charge < -0.3 is 0 Å². The van der Waals surface area contributed by atoms with Gasteiger partial charge in [0.15, 0.2) is 0 Å². The zero-order valence-corrected chi connectivity index (χ0v) is 10.8. The number of carbonyl (C=O) groups excluding carboxylic acids is 1. The molecule has 1 atom stereocenters. The van der Waals surface area contributed by atoms with E-state index >= 15 is 0 Å². The molecule has 0 saturated carbocycles. The fourth-order valence-corrected chi connectivity index (χ4v) is 3.26. The maximum absolute atomic E-state index is 11.7. The Kier molecular flexibility index (Phi) is 3.58. The second-order valence-electron chi connectivity index (χ2n) is 4.58. The van der Waals surface area contributed by atoms with Crippen LogP contribution in [0, 0.1) is 5.41 Å². The molecular weight excluding hydrogens is 214 g/mol. The zero-order chi connectivity index (χ0) is 10.9. The minimum absolute atomic E-state index is 0.110. The van der Waals surface area contributed by atoms with Crippen molar-refractivity contribution in [3.8, 4) is 0 Å². The molecule has 1 amide bonds. The van der Waals surface area contributed by atoms with Crippen molar-refractivity contribution >= 4 is 34.2 Å². The topological polar surface area (TPSA) is 20.3 Å². The lowest BCUT2D eigenvalue weighted by atomic mass is 9.87. The lowest BCUT2D eigenvalue weighted by Crippen LogP contribution is -2.45. The lowest BCUT2D eigenvalue weighted by Gasteiger charge is -2.33. The highest BCUT2D eigenvalue weighted by Gasteiger charge is 2.39. The molecule has 1 fully saturated rings. The van der Waals surface area contributed by atoms with Crippen LogP contribution in [0.3, 0.4) is 0 Å². The fourth-order valence-electron chi connectivity index (χ4n) is 1.50. The van der Waals surface area contributed by atoms with E-state index < -0.39 is 0 Å². The molecule has 1 saturated heterocycles. The Labute approximate surface area is 95.4 Å². The van der Waals surface area contributed by atoms with Crippen LogP contribution in [0.25, 0.3) is 0 Å². The third-order valence-electron chi connectivity index (χ3n) is 2.44. The van der Waals surface area contributed by atoms with E-state index in [1.54, 1.807) is 16.7 Å². The van der Waals surface area contributed by atoms with Gasteiger partial charge in [-0.15, -0.1) is 0 Å². The van der Waals surface area contributed by atoms with Crippen molar-refractivity contribution in [2.75, 3.05) is 5.75 Å². The number of amides is 1. The molecule has 80 valence electrons. The van der Waals surface area contributed by atoms with Gasteiger partial charge in [0.05, 0.1) is 6.04 Å². The van der Waals surface area contributed by atoms with Gasteiger partial charge in [-0.1, -0.05) is 51.7 Å². The maximum Gasteiger partial charge on any atom is 0.228 e. The molecule has 0 bridgehead atoms. The maximum atomic E-state index is 11.7. The molecule has 2 nitrogen and oxygen atoms in total. The second kappa shape index (κ2) is 4.19. The summed E-state index contributed by atoms with van der Waals surface area (Å²) >= 11 is 6.82. The van der Waals surface area contributed by atoms with Crippen LogP contribution >= 0.6 is 24.0 Å². The van der Waals surface area contributed by atoms with E-state index in [9.17, 15) is 4.79 Å². The molecule has 0 aromatic rings. The fraction of sp³-hybridized carbons (Fsp3) is 0.800. The van der Waals surface area contributed by atoms with Crippen LogP contribution < -0.4 is 0 Å². The summed E-state index contributed by atoms with van der Waals surface area (Å²) in [6.07, 6.45) is 0.535. The summed E-state index contributed by atoms with van der Waals surface area (Å²) in [4.78, 5) is 13.5. The van der Waals surface area contributed by atoms with Crippen LogP contribution in [0.1, 0.15) is 34.1 Å². The summed E-state index contributed by atoms with van der Waals surface area (Å²) in [6, 6.07) is 0.257. The van der Waals surface area contributed by atoms with E-state index in [0.29, 0.717) is 6.42 Å². The van der Waals surface area contributed by atoms with Gasteiger partial charge >= 0.3 is 0 Å². The predicted molar refractivity (Wildman–Crippen MR) is 65.4 cm³/mol. The summed E-state index contributed by atoms with van der Waals surface area (Å²) in [5.74, 6) is 1.09. The van der Waals surface area contributed by atoms with E-state index in [4.69, 9.17) is 12.2 Å². The van der Waals surface area contributed by atoms with Crippen LogP contribution in [0.2, 0.25) is 0 Å². The quantitative estimate of drug-likeness (QED) is 0.647. The minimum atomic E-state index is 0.110. The largest absolute Gasteiger partial charge is 0.293 e. The Bertz CT molecular complexity index is 257. The number of hydrogen-bond acceptors (Lipinski definition) is 3. The van der Waals surface area contributed by atoms with Crippen molar-refractivity contribution < 1.29 is 4.79 Å². The molecule has 1 heterocycles. The highest BCUT2D eigenvalue weighted by molar-refractivity contribution is 8.23. The standard InChI is InChI=1S/C10H17NOS2/c1-5-8(12)11-7(10(2,3)4)6-14-9(11)13/h7H,5-6H2,1-4H3/t7-/m1/s1. The third-order valence-corrected chi connectivity index (χ3v) is 3.92. The van der Waals surface area contributed by atoms with Gasteiger partial charge in [-0.3, -0.25) is 9.69 Å². The van der Waals surface area contributed by atoms with E-state index in [1.807, 2.05) is 6.92 Å². The summed E-state index contributed by atoms with van der Waals surface area (Å²) in [5.41, 5.74) is 0.110. The number of thioether (sulfide) groups is 1. The van der Waals surface area contributed by atoms with E-state index in [0.717, 1.165) is 10.1 Å². The minimum Gasteiger partial charge on any atom is -0.293 e. The van der Waals surface area contributed by atoms with Crippen molar-refractivity contribution in [3.05, 3.63) is 0 Å².